The SMILES string of the molecule is COc1cccc(NC(=O)c2cc(Cl)cc(N=NC(C(C)=O)C(=O)Nc3ccc(NC(=O)C(N=Nc4cc(Cl)cc(C(=O)Nc5cccc(OC)c5CCCl)c4)C(C)=O)c(C(C)Cl)c3)c2)c1CCCl. The summed E-state index contributed by atoms with van der Waals surface area (Å²) in [6.45, 7) is 3.93. The van der Waals surface area contributed by atoms with Crippen molar-refractivity contribution in [3.63, 3.8) is 0 Å². The molecule has 0 heterocycles. The van der Waals surface area contributed by atoms with Gasteiger partial charge in [-0.2, -0.15) is 20.5 Å². The molecule has 0 aliphatic carbocycles. The summed E-state index contributed by atoms with van der Waals surface area (Å²) in [6, 6.07) is 19.8. The van der Waals surface area contributed by atoms with Crippen LogP contribution in [-0.4, -0.2) is 73.3 Å². The molecule has 0 bridgehead atoms. The molecule has 4 N–H and O–H groups in total. The maximum Gasteiger partial charge on any atom is 0.258 e. The number of ether oxygens (including phenoxy) is 2. The lowest BCUT2D eigenvalue weighted by atomic mass is 10.1. The van der Waals surface area contributed by atoms with E-state index >= 15 is 0 Å². The van der Waals surface area contributed by atoms with Crippen LogP contribution < -0.4 is 30.7 Å². The lowest BCUT2D eigenvalue weighted by molar-refractivity contribution is -0.127. The van der Waals surface area contributed by atoms with Gasteiger partial charge >= 0.3 is 0 Å². The molecule has 5 aromatic rings. The average Bonchev–Trinajstić information content (AvgIpc) is 3.30. The Kier molecular flexibility index (Phi) is 19.6. The minimum atomic E-state index is -1.64. The third kappa shape index (κ3) is 14.5. The first-order valence-electron chi connectivity index (χ1n) is 20.9. The highest BCUT2D eigenvalue weighted by Gasteiger charge is 2.27. The quantitative estimate of drug-likeness (QED) is 0.0314. The Hall–Kier alpha value is -6.43. The van der Waals surface area contributed by atoms with Gasteiger partial charge in [0.1, 0.15) is 11.5 Å². The Balaban J connectivity index is 1.29. The van der Waals surface area contributed by atoms with Crippen LogP contribution in [0.1, 0.15) is 63.6 Å². The Bertz CT molecular complexity index is 2820. The predicted molar refractivity (Wildman–Crippen MR) is 270 cm³/mol. The summed E-state index contributed by atoms with van der Waals surface area (Å²) in [5.41, 5.74) is 3.46. The first-order chi connectivity index (χ1) is 33.0. The molecule has 69 heavy (non-hydrogen) atoms. The second-order valence-electron chi connectivity index (χ2n) is 15.0. The number of rotatable bonds is 21. The minimum absolute atomic E-state index is 0.0827. The number of anilines is 4. The van der Waals surface area contributed by atoms with Crippen LogP contribution in [0.15, 0.2) is 111 Å². The van der Waals surface area contributed by atoms with Crippen molar-refractivity contribution in [2.75, 3.05) is 47.2 Å². The summed E-state index contributed by atoms with van der Waals surface area (Å²) in [5, 5.41) is 26.6. The summed E-state index contributed by atoms with van der Waals surface area (Å²) in [6.07, 6.45) is 0.854. The van der Waals surface area contributed by atoms with Crippen LogP contribution in [0.25, 0.3) is 0 Å². The number of amides is 4. The van der Waals surface area contributed by atoms with Gasteiger partial charge in [-0.15, -0.1) is 34.8 Å². The topological polar surface area (TPSA) is 218 Å². The number of benzene rings is 5. The van der Waals surface area contributed by atoms with Crippen LogP contribution in [0.3, 0.4) is 0 Å². The number of nitrogens with one attached hydrogen (secondary N) is 4. The van der Waals surface area contributed by atoms with Gasteiger partial charge in [0.2, 0.25) is 12.1 Å². The Morgan fingerprint density at radius 2 is 1.03 bits per heavy atom. The first-order valence-corrected chi connectivity index (χ1v) is 23.1. The van der Waals surface area contributed by atoms with E-state index in [0.717, 1.165) is 13.8 Å². The zero-order valence-electron chi connectivity index (χ0n) is 37.7. The van der Waals surface area contributed by atoms with Crippen LogP contribution >= 0.6 is 58.0 Å². The van der Waals surface area contributed by atoms with Gasteiger partial charge < -0.3 is 30.7 Å². The van der Waals surface area contributed by atoms with Crippen molar-refractivity contribution in [1.82, 2.24) is 0 Å². The maximum atomic E-state index is 13.6. The number of hydrogen-bond donors (Lipinski definition) is 4. The highest BCUT2D eigenvalue weighted by molar-refractivity contribution is 6.32. The van der Waals surface area contributed by atoms with Crippen molar-refractivity contribution in [2.24, 2.45) is 20.5 Å². The Labute approximate surface area is 422 Å². The van der Waals surface area contributed by atoms with Gasteiger partial charge in [-0.05, 0) is 118 Å². The number of nitrogens with zero attached hydrogens (tertiary/aromatic N) is 4. The van der Waals surface area contributed by atoms with Crippen LogP contribution in [0.4, 0.5) is 34.1 Å². The number of azo groups is 2. The number of methoxy groups -OCH3 is 2. The molecule has 0 spiro atoms. The zero-order chi connectivity index (χ0) is 50.4. The van der Waals surface area contributed by atoms with Crippen molar-refractivity contribution < 1.29 is 38.2 Å². The third-order valence-electron chi connectivity index (χ3n) is 10.0. The Morgan fingerprint density at radius 1 is 0.580 bits per heavy atom. The van der Waals surface area contributed by atoms with Crippen LogP contribution in [0.2, 0.25) is 10.0 Å². The van der Waals surface area contributed by atoms with E-state index < -0.39 is 52.7 Å². The smallest absolute Gasteiger partial charge is 0.258 e. The van der Waals surface area contributed by atoms with Crippen LogP contribution in [0.5, 0.6) is 11.5 Å². The summed E-state index contributed by atoms with van der Waals surface area (Å²) < 4.78 is 10.8. The predicted octanol–water partition coefficient (Wildman–Crippen LogP) is 11.7. The number of carbonyl (C=O) groups is 6. The number of carbonyl (C=O) groups excluding carboxylic acids is 6. The van der Waals surface area contributed by atoms with E-state index in [-0.39, 0.29) is 55.7 Å². The van der Waals surface area contributed by atoms with Crippen molar-refractivity contribution in [1.29, 1.82) is 0 Å². The van der Waals surface area contributed by atoms with Crippen molar-refractivity contribution in [3.8, 4) is 11.5 Å². The standard InChI is InChI=1S/C48H45Cl5N8O8/c1-25(51)37-24-32(54-47(66)43(26(2)62)60-58-33-20-28(18-30(52)22-33)45(64)55-38-8-6-10-41(68-4)35(38)14-16-49)12-13-40(37)57-48(67)44(27(3)63)61-59-34-21-29(19-31(53)23-34)46(65)56-39-9-7-11-42(69-5)36(39)15-17-50/h6-13,18-25,43-44H,14-17H2,1-5H3,(H,54,66)(H,55,64)(H,56,65)(H,57,67). The molecule has 21 heteroatoms. The van der Waals surface area contributed by atoms with E-state index in [1.807, 2.05) is 0 Å². The highest BCUT2D eigenvalue weighted by atomic mass is 35.5. The van der Waals surface area contributed by atoms with Gasteiger partial charge in [0.15, 0.2) is 11.6 Å². The van der Waals surface area contributed by atoms with Gasteiger partial charge in [0.05, 0.1) is 31.0 Å². The number of Topliss-reactive ketones (excluding diaryl/α,β-unsaturated/α-hetero) is 2. The molecule has 3 atom stereocenters. The largest absolute Gasteiger partial charge is 0.496 e. The molecule has 0 fully saturated rings. The average molecular weight is 1040 g/mol. The molecule has 0 aliphatic rings. The van der Waals surface area contributed by atoms with E-state index in [1.54, 1.807) is 43.3 Å². The molecular formula is C48H45Cl5N8O8. The number of ketones is 2. The van der Waals surface area contributed by atoms with Gasteiger partial charge in [-0.3, -0.25) is 28.8 Å². The van der Waals surface area contributed by atoms with Gasteiger partial charge in [0.25, 0.3) is 23.6 Å². The van der Waals surface area contributed by atoms with Crippen molar-refractivity contribution in [2.45, 2.75) is 51.1 Å². The van der Waals surface area contributed by atoms with E-state index in [4.69, 9.17) is 67.5 Å². The molecular weight excluding hydrogens is 994 g/mol. The molecule has 0 saturated carbocycles. The summed E-state index contributed by atoms with van der Waals surface area (Å²) in [5.74, 6) is -2.39. The molecule has 0 saturated heterocycles. The van der Waals surface area contributed by atoms with Crippen LogP contribution in [0, 0.1) is 0 Å². The molecule has 3 unspecified atom stereocenters. The number of hydrogen-bond acceptors (Lipinski definition) is 12. The first kappa shape index (κ1) is 53.5. The normalized spacial score (nSPS) is 12.5. The van der Waals surface area contributed by atoms with Crippen molar-refractivity contribution >= 4 is 127 Å². The molecule has 0 radical (unpaired) electrons. The van der Waals surface area contributed by atoms with Gasteiger partial charge in [-0.1, -0.05) is 35.3 Å². The second kappa shape index (κ2) is 25.3. The summed E-state index contributed by atoms with van der Waals surface area (Å²) >= 11 is 31.2. The fraction of sp³-hybridized carbons (Fsp3) is 0.250. The zero-order valence-corrected chi connectivity index (χ0v) is 41.4. The van der Waals surface area contributed by atoms with Crippen molar-refractivity contribution in [3.05, 3.63) is 129 Å². The lowest BCUT2D eigenvalue weighted by Gasteiger charge is -2.17. The molecule has 16 nitrogen and oxygen atoms in total. The molecule has 5 rings (SSSR count). The van der Waals surface area contributed by atoms with E-state index in [1.165, 1.54) is 68.8 Å². The fourth-order valence-electron chi connectivity index (χ4n) is 6.75. The highest BCUT2D eigenvalue weighted by Crippen LogP contribution is 2.33. The fourth-order valence-corrected chi connectivity index (χ4v) is 7.77. The summed E-state index contributed by atoms with van der Waals surface area (Å²) in [4.78, 5) is 79.2. The summed E-state index contributed by atoms with van der Waals surface area (Å²) in [7, 11) is 3.02. The maximum absolute atomic E-state index is 13.6. The van der Waals surface area contributed by atoms with E-state index in [9.17, 15) is 28.8 Å². The lowest BCUT2D eigenvalue weighted by Crippen LogP contribution is -2.32. The van der Waals surface area contributed by atoms with E-state index in [0.29, 0.717) is 52.4 Å². The van der Waals surface area contributed by atoms with Crippen LogP contribution in [-0.2, 0) is 32.0 Å². The molecule has 360 valence electrons. The molecule has 5 aromatic carbocycles. The van der Waals surface area contributed by atoms with E-state index in [2.05, 4.69) is 41.7 Å². The third-order valence-corrected chi connectivity index (χ3v) is 11.1. The number of halogens is 5. The molecule has 4 amide bonds. The molecule has 0 aliphatic heterocycles. The molecule has 0 aromatic heterocycles. The monoisotopic (exact) mass is 1040 g/mol. The number of alkyl halides is 3. The Morgan fingerprint density at radius 3 is 1.43 bits per heavy atom. The van der Waals surface area contributed by atoms with Gasteiger partial charge in [-0.25, -0.2) is 0 Å². The van der Waals surface area contributed by atoms with Gasteiger partial charge in [0, 0.05) is 66.8 Å². The second-order valence-corrected chi connectivity index (χ2v) is 17.3. The minimum Gasteiger partial charge on any atom is -0.496 e.